The zero-order valence-electron chi connectivity index (χ0n) is 13.4. The lowest BCUT2D eigenvalue weighted by atomic mass is 10.1. The molecule has 1 aliphatic rings. The minimum Gasteiger partial charge on any atom is -0.352 e. The predicted octanol–water partition coefficient (Wildman–Crippen LogP) is 2.62. The van der Waals surface area contributed by atoms with E-state index in [1.165, 1.54) is 5.56 Å². The van der Waals surface area contributed by atoms with E-state index in [2.05, 4.69) is 32.5 Å². The number of hydrogen-bond donors (Lipinski definition) is 1. The first-order valence-corrected chi connectivity index (χ1v) is 8.97. The van der Waals surface area contributed by atoms with Crippen molar-refractivity contribution in [2.24, 2.45) is 0 Å². The molecule has 122 valence electrons. The van der Waals surface area contributed by atoms with Crippen LogP contribution in [0.5, 0.6) is 0 Å². The molecule has 0 bridgehead atoms. The van der Waals surface area contributed by atoms with Gasteiger partial charge in [0, 0.05) is 32.0 Å². The standard InChI is InChI=1S/C17H22N4OS/c1-2-15(22)18-14-9-6-10-21(12-14)17-20-19-16(23-17)11-13-7-4-3-5-8-13/h3-5,7-8,14H,2,6,9-12H2,1H3,(H,18,22). The van der Waals surface area contributed by atoms with Crippen LogP contribution in [0.4, 0.5) is 5.13 Å². The van der Waals surface area contributed by atoms with Crippen LogP contribution in [0.1, 0.15) is 36.8 Å². The normalized spacial score (nSPS) is 18.0. The summed E-state index contributed by atoms with van der Waals surface area (Å²) in [5.74, 6) is 0.124. The number of anilines is 1. The van der Waals surface area contributed by atoms with Gasteiger partial charge in [0.25, 0.3) is 0 Å². The Morgan fingerprint density at radius 2 is 2.17 bits per heavy atom. The Labute approximate surface area is 140 Å². The fourth-order valence-corrected chi connectivity index (χ4v) is 3.72. The molecular formula is C17H22N4OS. The topological polar surface area (TPSA) is 58.1 Å². The number of nitrogens with zero attached hydrogens (tertiary/aromatic N) is 3. The highest BCUT2D eigenvalue weighted by molar-refractivity contribution is 7.15. The molecule has 0 aliphatic carbocycles. The van der Waals surface area contributed by atoms with Crippen LogP contribution in [-0.4, -0.2) is 35.2 Å². The molecule has 5 nitrogen and oxygen atoms in total. The molecule has 0 radical (unpaired) electrons. The first-order chi connectivity index (χ1) is 11.2. The molecule has 1 atom stereocenters. The van der Waals surface area contributed by atoms with E-state index in [1.54, 1.807) is 11.3 Å². The smallest absolute Gasteiger partial charge is 0.219 e. The maximum absolute atomic E-state index is 11.6. The van der Waals surface area contributed by atoms with Gasteiger partial charge in [-0.05, 0) is 18.4 Å². The number of piperidine rings is 1. The number of hydrogen-bond acceptors (Lipinski definition) is 5. The molecule has 1 saturated heterocycles. The Bertz CT molecular complexity index is 643. The van der Waals surface area contributed by atoms with Crippen molar-refractivity contribution in [1.82, 2.24) is 15.5 Å². The van der Waals surface area contributed by atoms with Gasteiger partial charge in [0.1, 0.15) is 5.01 Å². The number of nitrogens with one attached hydrogen (secondary N) is 1. The number of carbonyl (C=O) groups excluding carboxylic acids is 1. The van der Waals surface area contributed by atoms with Crippen LogP contribution in [-0.2, 0) is 11.2 Å². The zero-order chi connectivity index (χ0) is 16.1. The van der Waals surface area contributed by atoms with Gasteiger partial charge in [0.2, 0.25) is 11.0 Å². The zero-order valence-corrected chi connectivity index (χ0v) is 14.2. The molecule has 0 saturated carbocycles. The van der Waals surface area contributed by atoms with Crippen LogP contribution in [0, 0.1) is 0 Å². The van der Waals surface area contributed by atoms with Gasteiger partial charge in [-0.15, -0.1) is 10.2 Å². The Balaban J connectivity index is 1.62. The highest BCUT2D eigenvalue weighted by atomic mass is 32.1. The van der Waals surface area contributed by atoms with Gasteiger partial charge in [-0.2, -0.15) is 0 Å². The fourth-order valence-electron chi connectivity index (χ4n) is 2.81. The van der Waals surface area contributed by atoms with E-state index in [0.717, 1.165) is 42.5 Å². The molecule has 1 fully saturated rings. The van der Waals surface area contributed by atoms with Crippen molar-refractivity contribution >= 4 is 22.4 Å². The van der Waals surface area contributed by atoms with Crippen LogP contribution in [0.3, 0.4) is 0 Å². The van der Waals surface area contributed by atoms with Crippen LogP contribution in [0.2, 0.25) is 0 Å². The van der Waals surface area contributed by atoms with Gasteiger partial charge in [-0.1, -0.05) is 48.6 Å². The number of carbonyl (C=O) groups is 1. The monoisotopic (exact) mass is 330 g/mol. The average Bonchev–Trinajstić information content (AvgIpc) is 3.04. The SMILES string of the molecule is CCC(=O)NC1CCCN(c2nnc(Cc3ccccc3)s2)C1. The van der Waals surface area contributed by atoms with Crippen molar-refractivity contribution < 1.29 is 4.79 Å². The molecule has 1 N–H and O–H groups in total. The Hall–Kier alpha value is -1.95. The Morgan fingerprint density at radius 3 is 2.96 bits per heavy atom. The van der Waals surface area contributed by atoms with Gasteiger partial charge in [-0.25, -0.2) is 0 Å². The third-order valence-corrected chi connectivity index (χ3v) is 5.02. The van der Waals surface area contributed by atoms with E-state index in [-0.39, 0.29) is 11.9 Å². The third kappa shape index (κ3) is 4.28. The Morgan fingerprint density at radius 1 is 1.35 bits per heavy atom. The minimum absolute atomic E-state index is 0.124. The van der Waals surface area contributed by atoms with Crippen LogP contribution < -0.4 is 10.2 Å². The number of benzene rings is 1. The maximum atomic E-state index is 11.6. The molecule has 2 aromatic rings. The lowest BCUT2D eigenvalue weighted by Crippen LogP contribution is -2.47. The average molecular weight is 330 g/mol. The third-order valence-electron chi connectivity index (χ3n) is 4.03. The molecule has 0 spiro atoms. The van der Waals surface area contributed by atoms with Crippen molar-refractivity contribution in [3.8, 4) is 0 Å². The second kappa shape index (κ2) is 7.55. The summed E-state index contributed by atoms with van der Waals surface area (Å²) >= 11 is 1.65. The second-order valence-corrected chi connectivity index (χ2v) is 6.89. The molecule has 6 heteroatoms. The molecule has 1 aromatic heterocycles. The second-order valence-electron chi connectivity index (χ2n) is 5.85. The lowest BCUT2D eigenvalue weighted by Gasteiger charge is -2.32. The van der Waals surface area contributed by atoms with E-state index in [4.69, 9.17) is 0 Å². The molecule has 2 heterocycles. The minimum atomic E-state index is 0.124. The van der Waals surface area contributed by atoms with E-state index < -0.39 is 0 Å². The van der Waals surface area contributed by atoms with Gasteiger partial charge >= 0.3 is 0 Å². The largest absolute Gasteiger partial charge is 0.352 e. The van der Waals surface area contributed by atoms with Gasteiger partial charge in [0.05, 0.1) is 0 Å². The molecule has 23 heavy (non-hydrogen) atoms. The highest BCUT2D eigenvalue weighted by Gasteiger charge is 2.23. The van der Waals surface area contributed by atoms with Gasteiger partial charge in [-0.3, -0.25) is 4.79 Å². The van der Waals surface area contributed by atoms with Crippen molar-refractivity contribution in [2.75, 3.05) is 18.0 Å². The summed E-state index contributed by atoms with van der Waals surface area (Å²) in [7, 11) is 0. The molecule has 1 aromatic carbocycles. The summed E-state index contributed by atoms with van der Waals surface area (Å²) in [6.45, 7) is 3.70. The summed E-state index contributed by atoms with van der Waals surface area (Å²) in [6, 6.07) is 10.5. The highest BCUT2D eigenvalue weighted by Crippen LogP contribution is 2.25. The first-order valence-electron chi connectivity index (χ1n) is 8.15. The number of aromatic nitrogens is 2. The van der Waals surface area contributed by atoms with E-state index in [1.807, 2.05) is 25.1 Å². The van der Waals surface area contributed by atoms with Crippen molar-refractivity contribution in [1.29, 1.82) is 0 Å². The van der Waals surface area contributed by atoms with Crippen molar-refractivity contribution in [2.45, 2.75) is 38.6 Å². The fraction of sp³-hybridized carbons (Fsp3) is 0.471. The predicted molar refractivity (Wildman–Crippen MR) is 92.8 cm³/mol. The molecule has 3 rings (SSSR count). The summed E-state index contributed by atoms with van der Waals surface area (Å²) in [6.07, 6.45) is 3.47. The maximum Gasteiger partial charge on any atom is 0.219 e. The van der Waals surface area contributed by atoms with E-state index >= 15 is 0 Å². The van der Waals surface area contributed by atoms with Gasteiger partial charge < -0.3 is 10.2 Å². The van der Waals surface area contributed by atoms with Crippen LogP contribution in [0.25, 0.3) is 0 Å². The number of amides is 1. The molecule has 1 aliphatic heterocycles. The van der Waals surface area contributed by atoms with Gasteiger partial charge in [0.15, 0.2) is 0 Å². The summed E-state index contributed by atoms with van der Waals surface area (Å²) in [5.41, 5.74) is 1.25. The van der Waals surface area contributed by atoms with Crippen molar-refractivity contribution in [3.63, 3.8) is 0 Å². The van der Waals surface area contributed by atoms with Crippen LogP contribution in [0.15, 0.2) is 30.3 Å². The number of rotatable bonds is 5. The summed E-state index contributed by atoms with van der Waals surface area (Å²) in [4.78, 5) is 13.8. The molecule has 1 amide bonds. The van der Waals surface area contributed by atoms with Crippen molar-refractivity contribution in [3.05, 3.63) is 40.9 Å². The molecule has 1 unspecified atom stereocenters. The Kier molecular flexibility index (Phi) is 5.23. The summed E-state index contributed by atoms with van der Waals surface area (Å²) < 4.78 is 0. The first kappa shape index (κ1) is 15.9. The van der Waals surface area contributed by atoms with E-state index in [0.29, 0.717) is 6.42 Å². The molecular weight excluding hydrogens is 308 g/mol. The quantitative estimate of drug-likeness (QED) is 0.915. The lowest BCUT2D eigenvalue weighted by molar-refractivity contribution is -0.121. The van der Waals surface area contributed by atoms with E-state index in [9.17, 15) is 4.79 Å². The summed E-state index contributed by atoms with van der Waals surface area (Å²) in [5, 5.41) is 13.8. The van der Waals surface area contributed by atoms with Crippen LogP contribution >= 0.6 is 11.3 Å².